The first-order valence-corrected chi connectivity index (χ1v) is 6.72. The molecule has 0 saturated carbocycles. The minimum atomic E-state index is -0.196. The zero-order chi connectivity index (χ0) is 13.9. The Morgan fingerprint density at radius 1 is 1.45 bits per heavy atom. The van der Waals surface area contributed by atoms with E-state index in [9.17, 15) is 4.79 Å². The van der Waals surface area contributed by atoms with Gasteiger partial charge in [-0.15, -0.1) is 16.4 Å². The van der Waals surface area contributed by atoms with Crippen molar-refractivity contribution in [2.24, 2.45) is 0 Å². The van der Waals surface area contributed by atoms with E-state index in [1.54, 1.807) is 18.6 Å². The van der Waals surface area contributed by atoms with Crippen molar-refractivity contribution in [2.45, 2.75) is 6.54 Å². The number of rotatable bonds is 2. The minimum Gasteiger partial charge on any atom is -0.384 e. The summed E-state index contributed by atoms with van der Waals surface area (Å²) in [6.45, 7) is 0.232. The normalized spacial score (nSPS) is 10.4. The monoisotopic (exact) mass is 286 g/mol. The fourth-order valence-electron chi connectivity index (χ4n) is 1.80. The van der Waals surface area contributed by atoms with Crippen molar-refractivity contribution < 1.29 is 5.11 Å². The molecule has 0 aromatic carbocycles. The lowest BCUT2D eigenvalue weighted by molar-refractivity contribution is 0.350. The second kappa shape index (κ2) is 5.28. The van der Waals surface area contributed by atoms with Gasteiger partial charge in [0.2, 0.25) is 0 Å². The molecule has 7 heteroatoms. The first-order chi connectivity index (χ1) is 9.78. The number of hydrogen-bond acceptors (Lipinski definition) is 5. The van der Waals surface area contributed by atoms with Gasteiger partial charge in [0.25, 0.3) is 0 Å². The zero-order valence-corrected chi connectivity index (χ0v) is 11.2. The summed E-state index contributed by atoms with van der Waals surface area (Å²) in [5.74, 6) is 5.42. The molecule has 20 heavy (non-hydrogen) atoms. The summed E-state index contributed by atoms with van der Waals surface area (Å²) >= 11 is 1.50. The first-order valence-electron chi connectivity index (χ1n) is 5.84. The average Bonchev–Trinajstić information content (AvgIpc) is 3.03. The second-order valence-electron chi connectivity index (χ2n) is 4.01. The molecular formula is C13H10N4O2S. The van der Waals surface area contributed by atoms with Gasteiger partial charge < -0.3 is 5.11 Å². The minimum absolute atomic E-state index is 0.163. The standard InChI is InChI=1S/C13H10N4O2S/c18-5-1-2-10-6-11(20-9-10)8-17-13(19)16-4-3-14-7-12(16)15-17/h3-4,6-7,9,18H,5,8H2. The third-order valence-electron chi connectivity index (χ3n) is 2.66. The molecule has 3 aromatic rings. The van der Waals surface area contributed by atoms with E-state index in [1.807, 2.05) is 11.4 Å². The molecule has 0 fully saturated rings. The molecule has 0 atom stereocenters. The highest BCUT2D eigenvalue weighted by atomic mass is 32.1. The summed E-state index contributed by atoms with van der Waals surface area (Å²) < 4.78 is 2.85. The van der Waals surface area contributed by atoms with Crippen LogP contribution >= 0.6 is 11.3 Å². The number of aromatic nitrogens is 4. The summed E-state index contributed by atoms with van der Waals surface area (Å²) in [5, 5.41) is 14.8. The Kier molecular flexibility index (Phi) is 3.33. The average molecular weight is 286 g/mol. The number of nitrogens with zero attached hydrogens (tertiary/aromatic N) is 4. The Bertz CT molecular complexity index is 865. The SMILES string of the molecule is O=c1n(Cc2cc(C#CCO)cs2)nc2cnccn12. The Labute approximate surface area is 117 Å². The first kappa shape index (κ1) is 12.6. The predicted molar refractivity (Wildman–Crippen MR) is 74.6 cm³/mol. The summed E-state index contributed by atoms with van der Waals surface area (Å²) in [6, 6.07) is 1.89. The third-order valence-corrected chi connectivity index (χ3v) is 3.58. The van der Waals surface area contributed by atoms with E-state index >= 15 is 0 Å². The van der Waals surface area contributed by atoms with E-state index < -0.39 is 0 Å². The summed E-state index contributed by atoms with van der Waals surface area (Å²) in [5.41, 5.74) is 1.16. The van der Waals surface area contributed by atoms with Crippen LogP contribution in [0.25, 0.3) is 5.65 Å². The molecule has 0 unspecified atom stereocenters. The smallest absolute Gasteiger partial charge is 0.350 e. The van der Waals surface area contributed by atoms with Gasteiger partial charge in [0.05, 0.1) is 12.7 Å². The molecular weight excluding hydrogens is 276 g/mol. The number of aliphatic hydroxyl groups excluding tert-OH is 1. The van der Waals surface area contributed by atoms with Crippen LogP contribution < -0.4 is 5.69 Å². The number of thiophene rings is 1. The molecule has 0 aliphatic rings. The molecule has 0 amide bonds. The van der Waals surface area contributed by atoms with Crippen LogP contribution in [0.5, 0.6) is 0 Å². The molecule has 100 valence electrons. The lowest BCUT2D eigenvalue weighted by Gasteiger charge is -1.94. The van der Waals surface area contributed by atoms with Crippen molar-refractivity contribution in [1.82, 2.24) is 19.2 Å². The molecule has 0 bridgehead atoms. The maximum Gasteiger partial charge on any atom is 0.350 e. The second-order valence-corrected chi connectivity index (χ2v) is 5.00. The van der Waals surface area contributed by atoms with Crippen molar-refractivity contribution in [1.29, 1.82) is 0 Å². The molecule has 0 spiro atoms. The van der Waals surface area contributed by atoms with Gasteiger partial charge in [-0.1, -0.05) is 11.8 Å². The molecule has 1 N–H and O–H groups in total. The van der Waals surface area contributed by atoms with Crippen molar-refractivity contribution in [3.05, 3.63) is 51.0 Å². The van der Waals surface area contributed by atoms with Crippen molar-refractivity contribution in [2.75, 3.05) is 6.61 Å². The van der Waals surface area contributed by atoms with Crippen LogP contribution in [-0.4, -0.2) is 30.9 Å². The lowest BCUT2D eigenvalue weighted by atomic mass is 10.3. The highest BCUT2D eigenvalue weighted by molar-refractivity contribution is 7.10. The van der Waals surface area contributed by atoms with Crippen molar-refractivity contribution in [3.8, 4) is 11.8 Å². The van der Waals surface area contributed by atoms with Crippen LogP contribution in [-0.2, 0) is 6.54 Å². The van der Waals surface area contributed by atoms with Crippen LogP contribution in [0.2, 0.25) is 0 Å². The van der Waals surface area contributed by atoms with Crippen LogP contribution in [0.1, 0.15) is 10.4 Å². The molecule has 3 aromatic heterocycles. The van der Waals surface area contributed by atoms with Gasteiger partial charge in [-0.05, 0) is 6.07 Å². The largest absolute Gasteiger partial charge is 0.384 e. The Morgan fingerprint density at radius 3 is 3.15 bits per heavy atom. The van der Waals surface area contributed by atoms with Crippen LogP contribution in [0.4, 0.5) is 0 Å². The Balaban J connectivity index is 1.91. The van der Waals surface area contributed by atoms with E-state index in [0.717, 1.165) is 10.4 Å². The maximum atomic E-state index is 12.1. The van der Waals surface area contributed by atoms with Gasteiger partial charge in [0.15, 0.2) is 5.65 Å². The topological polar surface area (TPSA) is 72.4 Å². The Hall–Kier alpha value is -2.43. The van der Waals surface area contributed by atoms with E-state index in [2.05, 4.69) is 21.9 Å². The lowest BCUT2D eigenvalue weighted by Crippen LogP contribution is -2.21. The van der Waals surface area contributed by atoms with Gasteiger partial charge in [-0.2, -0.15) is 0 Å². The molecule has 3 rings (SSSR count). The molecule has 0 saturated heterocycles. The number of fused-ring (bicyclic) bond motifs is 1. The van der Waals surface area contributed by atoms with Gasteiger partial charge in [-0.3, -0.25) is 4.98 Å². The van der Waals surface area contributed by atoms with E-state index in [1.165, 1.54) is 20.4 Å². The fourth-order valence-corrected chi connectivity index (χ4v) is 2.60. The summed E-state index contributed by atoms with van der Waals surface area (Å²) in [7, 11) is 0. The van der Waals surface area contributed by atoms with Crippen molar-refractivity contribution in [3.63, 3.8) is 0 Å². The van der Waals surface area contributed by atoms with Crippen LogP contribution in [0, 0.1) is 11.8 Å². The van der Waals surface area contributed by atoms with Crippen LogP contribution in [0.15, 0.2) is 34.8 Å². The molecule has 0 radical (unpaired) electrons. The molecule has 0 aliphatic carbocycles. The summed E-state index contributed by atoms with van der Waals surface area (Å²) in [6.07, 6.45) is 4.69. The van der Waals surface area contributed by atoms with Gasteiger partial charge >= 0.3 is 5.69 Å². The fraction of sp³-hybridized carbons (Fsp3) is 0.154. The van der Waals surface area contributed by atoms with Gasteiger partial charge in [0.1, 0.15) is 6.61 Å². The quantitative estimate of drug-likeness (QED) is 0.690. The van der Waals surface area contributed by atoms with E-state index in [0.29, 0.717) is 12.2 Å². The molecule has 0 aliphatic heterocycles. The van der Waals surface area contributed by atoms with E-state index in [-0.39, 0.29) is 12.3 Å². The Morgan fingerprint density at radius 2 is 2.35 bits per heavy atom. The van der Waals surface area contributed by atoms with Gasteiger partial charge in [0, 0.05) is 28.2 Å². The van der Waals surface area contributed by atoms with Crippen molar-refractivity contribution >= 4 is 17.0 Å². The maximum absolute atomic E-state index is 12.1. The molecule has 3 heterocycles. The summed E-state index contributed by atoms with van der Waals surface area (Å²) in [4.78, 5) is 17.0. The zero-order valence-electron chi connectivity index (χ0n) is 10.4. The number of aliphatic hydroxyl groups is 1. The van der Waals surface area contributed by atoms with E-state index in [4.69, 9.17) is 5.11 Å². The highest BCUT2D eigenvalue weighted by Crippen LogP contribution is 2.14. The third kappa shape index (κ3) is 2.34. The predicted octanol–water partition coefficient (Wildman–Crippen LogP) is 0.345. The highest BCUT2D eigenvalue weighted by Gasteiger charge is 2.08. The number of hydrogen-bond donors (Lipinski definition) is 1. The van der Waals surface area contributed by atoms with Gasteiger partial charge in [-0.25, -0.2) is 13.9 Å². The van der Waals surface area contributed by atoms with Crippen LogP contribution in [0.3, 0.4) is 0 Å². The molecule has 6 nitrogen and oxygen atoms in total.